The van der Waals surface area contributed by atoms with Crippen LogP contribution in [0.4, 0.5) is 19.0 Å². The average Bonchev–Trinajstić information content (AvgIpc) is 2.47. The van der Waals surface area contributed by atoms with Crippen molar-refractivity contribution in [2.45, 2.75) is 6.18 Å². The largest absolute Gasteiger partial charge is 0.416 e. The molecule has 1 aliphatic rings. The van der Waals surface area contributed by atoms with Crippen LogP contribution >= 0.6 is 11.6 Å². The lowest BCUT2D eigenvalue weighted by Gasteiger charge is -2.32. The number of H-pyrrole nitrogens is 1. The molecule has 0 unspecified atom stereocenters. The van der Waals surface area contributed by atoms with Crippen molar-refractivity contribution in [3.8, 4) is 0 Å². The zero-order valence-corrected chi connectivity index (χ0v) is 13.0. The first-order valence-electron chi connectivity index (χ1n) is 7.00. The summed E-state index contributed by atoms with van der Waals surface area (Å²) in [6.07, 6.45) is -4.52. The molecule has 23 heavy (non-hydrogen) atoms. The van der Waals surface area contributed by atoms with Gasteiger partial charge in [0.15, 0.2) is 5.82 Å². The van der Waals surface area contributed by atoms with Crippen LogP contribution in [-0.4, -0.2) is 48.1 Å². The highest BCUT2D eigenvalue weighted by Crippen LogP contribution is 2.34. The third-order valence-electron chi connectivity index (χ3n) is 3.87. The standard InChI is InChI=1S/C14H14ClF3N4O/c1-21-2-4-22(5-3-21)12-13(23)20-11-9(15)6-8(14(16,17)18)7-10(11)19-12/h6-7H,2-5H2,1H3,(H,20,23). The minimum Gasteiger partial charge on any atom is -0.349 e. The zero-order chi connectivity index (χ0) is 16.8. The third kappa shape index (κ3) is 3.13. The summed E-state index contributed by atoms with van der Waals surface area (Å²) in [6, 6.07) is 1.69. The molecule has 0 bridgehead atoms. The van der Waals surface area contributed by atoms with E-state index in [0.29, 0.717) is 13.1 Å². The van der Waals surface area contributed by atoms with Gasteiger partial charge in [-0.2, -0.15) is 13.2 Å². The Morgan fingerprint density at radius 3 is 2.48 bits per heavy atom. The predicted octanol–water partition coefficient (Wildman–Crippen LogP) is 2.35. The molecule has 0 aliphatic carbocycles. The Hall–Kier alpha value is -1.80. The summed E-state index contributed by atoms with van der Waals surface area (Å²) in [5, 5.41) is -0.177. The van der Waals surface area contributed by atoms with Crippen molar-refractivity contribution >= 4 is 28.5 Å². The van der Waals surface area contributed by atoms with Crippen LogP contribution in [0.5, 0.6) is 0 Å². The molecular weight excluding hydrogens is 333 g/mol. The quantitative estimate of drug-likeness (QED) is 0.861. The van der Waals surface area contributed by atoms with Gasteiger partial charge in [-0.1, -0.05) is 11.6 Å². The van der Waals surface area contributed by atoms with Gasteiger partial charge in [0.25, 0.3) is 5.56 Å². The zero-order valence-electron chi connectivity index (χ0n) is 12.2. The smallest absolute Gasteiger partial charge is 0.349 e. The van der Waals surface area contributed by atoms with Gasteiger partial charge in [0.05, 0.1) is 21.6 Å². The van der Waals surface area contributed by atoms with Crippen LogP contribution < -0.4 is 10.5 Å². The molecule has 0 amide bonds. The Balaban J connectivity index is 2.10. The summed E-state index contributed by atoms with van der Waals surface area (Å²) in [5.74, 6) is 0.126. The number of nitrogens with zero attached hydrogens (tertiary/aromatic N) is 3. The Morgan fingerprint density at radius 2 is 1.87 bits per heavy atom. The van der Waals surface area contributed by atoms with E-state index in [1.54, 1.807) is 4.90 Å². The van der Waals surface area contributed by atoms with Crippen molar-refractivity contribution in [1.29, 1.82) is 0 Å². The van der Waals surface area contributed by atoms with Gasteiger partial charge in [0, 0.05) is 26.2 Å². The lowest BCUT2D eigenvalue weighted by atomic mass is 10.2. The molecule has 0 saturated carbocycles. The van der Waals surface area contributed by atoms with Crippen LogP contribution in [0.25, 0.3) is 11.0 Å². The number of hydrogen-bond donors (Lipinski definition) is 1. The van der Waals surface area contributed by atoms with E-state index >= 15 is 0 Å². The predicted molar refractivity (Wildman–Crippen MR) is 82.1 cm³/mol. The molecule has 1 aliphatic heterocycles. The second-order valence-electron chi connectivity index (χ2n) is 5.53. The first-order chi connectivity index (χ1) is 10.8. The molecule has 0 spiro atoms. The lowest BCUT2D eigenvalue weighted by molar-refractivity contribution is -0.137. The van der Waals surface area contributed by atoms with E-state index in [1.807, 2.05) is 7.05 Å². The maximum absolute atomic E-state index is 12.9. The number of alkyl halides is 3. The molecule has 0 radical (unpaired) electrons. The first kappa shape index (κ1) is 16.1. The van der Waals surface area contributed by atoms with Crippen LogP contribution in [0.3, 0.4) is 0 Å². The van der Waals surface area contributed by atoms with Gasteiger partial charge in [-0.15, -0.1) is 0 Å². The Bertz CT molecular complexity index is 797. The van der Waals surface area contributed by atoms with Gasteiger partial charge in [-0.3, -0.25) is 4.79 Å². The fraction of sp³-hybridized carbons (Fsp3) is 0.429. The fourth-order valence-corrected chi connectivity index (χ4v) is 2.80. The molecule has 9 heteroatoms. The van der Waals surface area contributed by atoms with Crippen molar-refractivity contribution in [3.05, 3.63) is 33.1 Å². The van der Waals surface area contributed by atoms with Gasteiger partial charge in [-0.05, 0) is 19.2 Å². The first-order valence-corrected chi connectivity index (χ1v) is 7.38. The summed E-state index contributed by atoms with van der Waals surface area (Å²) in [5.41, 5.74) is -1.21. The van der Waals surface area contributed by atoms with E-state index < -0.39 is 17.3 Å². The lowest BCUT2D eigenvalue weighted by Crippen LogP contribution is -2.46. The maximum Gasteiger partial charge on any atom is 0.416 e. The van der Waals surface area contributed by atoms with E-state index in [9.17, 15) is 18.0 Å². The summed E-state index contributed by atoms with van der Waals surface area (Å²) < 4.78 is 38.7. The highest BCUT2D eigenvalue weighted by molar-refractivity contribution is 6.35. The number of likely N-dealkylation sites (N-methyl/N-ethyl adjacent to an activating group) is 1. The van der Waals surface area contributed by atoms with Gasteiger partial charge < -0.3 is 14.8 Å². The van der Waals surface area contributed by atoms with Gasteiger partial charge in [-0.25, -0.2) is 4.98 Å². The number of benzene rings is 1. The summed E-state index contributed by atoms with van der Waals surface area (Å²) in [7, 11) is 1.96. The number of aromatic amines is 1. The third-order valence-corrected chi connectivity index (χ3v) is 4.17. The molecule has 1 saturated heterocycles. The van der Waals surface area contributed by atoms with Crippen molar-refractivity contribution in [3.63, 3.8) is 0 Å². The van der Waals surface area contributed by atoms with Gasteiger partial charge in [0.1, 0.15) is 0 Å². The van der Waals surface area contributed by atoms with Gasteiger partial charge in [0.2, 0.25) is 0 Å². The molecule has 2 aromatic rings. The van der Waals surface area contributed by atoms with Crippen LogP contribution in [0, 0.1) is 0 Å². The summed E-state index contributed by atoms with van der Waals surface area (Å²) >= 11 is 5.87. The van der Waals surface area contributed by atoms with Crippen LogP contribution in [0.1, 0.15) is 5.56 Å². The van der Waals surface area contributed by atoms with Crippen molar-refractivity contribution < 1.29 is 13.2 Å². The Morgan fingerprint density at radius 1 is 1.22 bits per heavy atom. The van der Waals surface area contributed by atoms with E-state index in [0.717, 1.165) is 25.2 Å². The normalized spacial score (nSPS) is 17.0. The number of nitrogens with one attached hydrogen (secondary N) is 1. The SMILES string of the molecule is CN1CCN(c2nc3cc(C(F)(F)F)cc(Cl)c3[nH]c2=O)CC1. The average molecular weight is 347 g/mol. The van der Waals surface area contributed by atoms with E-state index in [1.165, 1.54) is 0 Å². The summed E-state index contributed by atoms with van der Waals surface area (Å²) in [6.45, 7) is 2.68. The second-order valence-corrected chi connectivity index (χ2v) is 5.94. The Labute approximate surface area is 134 Å². The Kier molecular flexibility index (Phi) is 3.97. The highest BCUT2D eigenvalue weighted by Gasteiger charge is 2.32. The number of piperazine rings is 1. The molecule has 1 N–H and O–H groups in total. The molecule has 124 valence electrons. The topological polar surface area (TPSA) is 52.2 Å². The van der Waals surface area contributed by atoms with Crippen LogP contribution in [-0.2, 0) is 6.18 Å². The molecule has 1 aromatic carbocycles. The molecular formula is C14H14ClF3N4O. The van der Waals surface area contributed by atoms with Gasteiger partial charge >= 0.3 is 6.18 Å². The monoisotopic (exact) mass is 346 g/mol. The van der Waals surface area contributed by atoms with Crippen molar-refractivity contribution in [2.24, 2.45) is 0 Å². The summed E-state index contributed by atoms with van der Waals surface area (Å²) in [4.78, 5) is 22.7. The van der Waals surface area contributed by atoms with Crippen LogP contribution in [0.2, 0.25) is 5.02 Å². The van der Waals surface area contributed by atoms with Crippen LogP contribution in [0.15, 0.2) is 16.9 Å². The number of hydrogen-bond acceptors (Lipinski definition) is 4. The van der Waals surface area contributed by atoms with E-state index in [4.69, 9.17) is 11.6 Å². The maximum atomic E-state index is 12.9. The molecule has 1 aromatic heterocycles. The van der Waals surface area contributed by atoms with E-state index in [2.05, 4.69) is 14.9 Å². The minimum absolute atomic E-state index is 0.0263. The number of rotatable bonds is 1. The molecule has 2 heterocycles. The molecule has 3 rings (SSSR count). The number of fused-ring (bicyclic) bond motifs is 1. The van der Waals surface area contributed by atoms with Crippen molar-refractivity contribution in [2.75, 3.05) is 38.1 Å². The number of anilines is 1. The fourth-order valence-electron chi connectivity index (χ4n) is 2.53. The number of aromatic nitrogens is 2. The minimum atomic E-state index is -4.52. The van der Waals surface area contributed by atoms with E-state index in [-0.39, 0.29) is 21.9 Å². The highest BCUT2D eigenvalue weighted by atomic mass is 35.5. The second kappa shape index (κ2) is 5.68. The van der Waals surface area contributed by atoms with Crippen molar-refractivity contribution in [1.82, 2.24) is 14.9 Å². The molecule has 5 nitrogen and oxygen atoms in total. The molecule has 1 fully saturated rings. The number of halogens is 4. The molecule has 0 atom stereocenters.